The summed E-state index contributed by atoms with van der Waals surface area (Å²) < 4.78 is 0. The van der Waals surface area contributed by atoms with Crippen LogP contribution in [0.4, 0.5) is 0 Å². The Labute approximate surface area is 90.3 Å². The highest BCUT2D eigenvalue weighted by Crippen LogP contribution is 2.04. The Balaban J connectivity index is 2.46. The van der Waals surface area contributed by atoms with Crippen LogP contribution in [-0.2, 0) is 0 Å². The van der Waals surface area contributed by atoms with Gasteiger partial charge in [0.05, 0.1) is 0 Å². The van der Waals surface area contributed by atoms with Gasteiger partial charge in [-0.05, 0) is 18.6 Å². The molecule has 0 atom stereocenters. The summed E-state index contributed by atoms with van der Waals surface area (Å²) in [5.41, 5.74) is 0.525. The molecule has 0 heterocycles. The number of unbranched alkanes of at least 4 members (excludes halogenated alkanes) is 2. The zero-order valence-electron chi connectivity index (χ0n) is 9.02. The molecule has 1 rings (SSSR count). The molecule has 0 aliphatic rings. The molecule has 1 N–H and O–H groups in total. The van der Waals surface area contributed by atoms with Gasteiger partial charge in [0.15, 0.2) is 0 Å². The van der Waals surface area contributed by atoms with E-state index < -0.39 is 0 Å². The second-order valence-corrected chi connectivity index (χ2v) is 3.50. The molecule has 0 fully saturated rings. The lowest BCUT2D eigenvalue weighted by Gasteiger charge is -2.14. The molecule has 0 bridgehead atoms. The van der Waals surface area contributed by atoms with Crippen molar-refractivity contribution in [1.29, 1.82) is 0 Å². The van der Waals surface area contributed by atoms with Crippen molar-refractivity contribution in [1.82, 2.24) is 5.06 Å². The lowest BCUT2D eigenvalue weighted by atomic mass is 10.2. The van der Waals surface area contributed by atoms with Gasteiger partial charge in [-0.3, -0.25) is 10.0 Å². The van der Waals surface area contributed by atoms with Gasteiger partial charge in [-0.15, -0.1) is 0 Å². The molecule has 1 aromatic rings. The Bertz CT molecular complexity index is 298. The molecule has 15 heavy (non-hydrogen) atoms. The number of hydroxylamine groups is 2. The zero-order chi connectivity index (χ0) is 11.1. The molecular weight excluding hydrogens is 190 g/mol. The highest BCUT2D eigenvalue weighted by atomic mass is 16.5. The molecule has 0 aliphatic heterocycles. The molecule has 0 aromatic heterocycles. The number of rotatable bonds is 5. The molecule has 3 heteroatoms. The number of amides is 1. The quantitative estimate of drug-likeness (QED) is 0.458. The summed E-state index contributed by atoms with van der Waals surface area (Å²) in [5, 5.41) is 10.3. The van der Waals surface area contributed by atoms with Gasteiger partial charge >= 0.3 is 0 Å². The lowest BCUT2D eigenvalue weighted by molar-refractivity contribution is -0.0588. The number of hydrogen-bond donors (Lipinski definition) is 1. The Kier molecular flexibility index (Phi) is 4.84. The molecule has 0 aliphatic carbocycles. The number of carbonyl (C=O) groups excluding carboxylic acids is 1. The largest absolute Gasteiger partial charge is 0.286 e. The van der Waals surface area contributed by atoms with E-state index in [0.717, 1.165) is 24.3 Å². The molecule has 3 nitrogen and oxygen atoms in total. The standard InChI is InChI=1S/C12H17NO2/c1-2-3-7-10-13(15)12(14)11-8-5-4-6-9-11/h4-6,8-9,15H,2-3,7,10H2,1H3. The molecular formula is C12H17NO2. The lowest BCUT2D eigenvalue weighted by Crippen LogP contribution is -2.28. The van der Waals surface area contributed by atoms with Crippen molar-refractivity contribution in [2.75, 3.05) is 6.54 Å². The van der Waals surface area contributed by atoms with E-state index in [0.29, 0.717) is 12.1 Å². The summed E-state index contributed by atoms with van der Waals surface area (Å²) >= 11 is 0. The third-order valence-electron chi connectivity index (χ3n) is 2.23. The van der Waals surface area contributed by atoms with Crippen LogP contribution >= 0.6 is 0 Å². The minimum Gasteiger partial charge on any atom is -0.286 e. The summed E-state index contributed by atoms with van der Waals surface area (Å²) in [6.45, 7) is 2.49. The van der Waals surface area contributed by atoms with E-state index in [-0.39, 0.29) is 5.91 Å². The van der Waals surface area contributed by atoms with E-state index >= 15 is 0 Å². The van der Waals surface area contributed by atoms with E-state index in [1.54, 1.807) is 24.3 Å². The smallest absolute Gasteiger partial charge is 0.277 e. The van der Waals surface area contributed by atoms with Gasteiger partial charge in [0.1, 0.15) is 0 Å². The van der Waals surface area contributed by atoms with Gasteiger partial charge in [-0.2, -0.15) is 0 Å². The predicted molar refractivity (Wildman–Crippen MR) is 58.8 cm³/mol. The van der Waals surface area contributed by atoms with Crippen LogP contribution in [0.5, 0.6) is 0 Å². The first-order valence-electron chi connectivity index (χ1n) is 5.31. The maximum Gasteiger partial charge on any atom is 0.277 e. The average molecular weight is 207 g/mol. The summed E-state index contributed by atoms with van der Waals surface area (Å²) in [6, 6.07) is 8.81. The minimum absolute atomic E-state index is 0.327. The minimum atomic E-state index is -0.327. The van der Waals surface area contributed by atoms with E-state index in [1.165, 1.54) is 0 Å². The average Bonchev–Trinajstić information content (AvgIpc) is 2.29. The van der Waals surface area contributed by atoms with Crippen molar-refractivity contribution in [2.45, 2.75) is 26.2 Å². The molecule has 1 amide bonds. The molecule has 1 aromatic carbocycles. The first-order valence-corrected chi connectivity index (χ1v) is 5.31. The monoisotopic (exact) mass is 207 g/mol. The van der Waals surface area contributed by atoms with Crippen LogP contribution in [0.2, 0.25) is 0 Å². The van der Waals surface area contributed by atoms with Crippen molar-refractivity contribution < 1.29 is 10.0 Å². The third-order valence-corrected chi connectivity index (χ3v) is 2.23. The molecule has 0 spiro atoms. The van der Waals surface area contributed by atoms with Gasteiger partial charge in [0.2, 0.25) is 0 Å². The first-order chi connectivity index (χ1) is 7.25. The Morgan fingerprint density at radius 3 is 2.53 bits per heavy atom. The maximum absolute atomic E-state index is 11.6. The molecule has 0 radical (unpaired) electrons. The van der Waals surface area contributed by atoms with Crippen LogP contribution in [0.15, 0.2) is 30.3 Å². The van der Waals surface area contributed by atoms with Crippen LogP contribution in [0.25, 0.3) is 0 Å². The van der Waals surface area contributed by atoms with E-state index in [9.17, 15) is 10.0 Å². The number of carbonyl (C=O) groups is 1. The topological polar surface area (TPSA) is 40.5 Å². The zero-order valence-corrected chi connectivity index (χ0v) is 9.02. The fourth-order valence-corrected chi connectivity index (χ4v) is 1.34. The SMILES string of the molecule is CCCCCN(O)C(=O)c1ccccc1. The van der Waals surface area contributed by atoms with Gasteiger partial charge in [-0.1, -0.05) is 38.0 Å². The van der Waals surface area contributed by atoms with Crippen LogP contribution in [-0.4, -0.2) is 22.7 Å². The van der Waals surface area contributed by atoms with E-state index in [1.807, 2.05) is 6.07 Å². The van der Waals surface area contributed by atoms with Crippen LogP contribution in [0.1, 0.15) is 36.5 Å². The summed E-state index contributed by atoms with van der Waals surface area (Å²) in [7, 11) is 0. The van der Waals surface area contributed by atoms with Gasteiger partial charge < -0.3 is 0 Å². The third kappa shape index (κ3) is 3.72. The second kappa shape index (κ2) is 6.19. The molecule has 0 saturated carbocycles. The summed E-state index contributed by atoms with van der Waals surface area (Å²) in [5.74, 6) is -0.327. The fourth-order valence-electron chi connectivity index (χ4n) is 1.34. The molecule has 82 valence electrons. The second-order valence-electron chi connectivity index (χ2n) is 3.50. The van der Waals surface area contributed by atoms with Crippen molar-refractivity contribution in [3.63, 3.8) is 0 Å². The highest BCUT2D eigenvalue weighted by molar-refractivity contribution is 5.93. The van der Waals surface area contributed by atoms with Gasteiger partial charge in [-0.25, -0.2) is 5.06 Å². The predicted octanol–water partition coefficient (Wildman–Crippen LogP) is 2.71. The van der Waals surface area contributed by atoms with Crippen LogP contribution in [0, 0.1) is 0 Å². The highest BCUT2D eigenvalue weighted by Gasteiger charge is 2.11. The van der Waals surface area contributed by atoms with Gasteiger partial charge in [0, 0.05) is 12.1 Å². The molecule has 0 unspecified atom stereocenters. The first kappa shape index (κ1) is 11.7. The van der Waals surface area contributed by atoms with Crippen molar-refractivity contribution in [3.05, 3.63) is 35.9 Å². The Morgan fingerprint density at radius 2 is 1.93 bits per heavy atom. The fraction of sp³-hybridized carbons (Fsp3) is 0.417. The van der Waals surface area contributed by atoms with Crippen LogP contribution < -0.4 is 0 Å². The van der Waals surface area contributed by atoms with Gasteiger partial charge in [0.25, 0.3) is 5.91 Å². The Morgan fingerprint density at radius 1 is 1.27 bits per heavy atom. The van der Waals surface area contributed by atoms with Crippen molar-refractivity contribution in [2.24, 2.45) is 0 Å². The van der Waals surface area contributed by atoms with E-state index in [2.05, 4.69) is 6.92 Å². The van der Waals surface area contributed by atoms with E-state index in [4.69, 9.17) is 0 Å². The normalized spacial score (nSPS) is 10.0. The number of nitrogens with zero attached hydrogens (tertiary/aromatic N) is 1. The molecule has 0 saturated heterocycles. The Hall–Kier alpha value is -1.35. The number of benzene rings is 1. The van der Waals surface area contributed by atoms with Crippen molar-refractivity contribution in [3.8, 4) is 0 Å². The van der Waals surface area contributed by atoms with Crippen molar-refractivity contribution >= 4 is 5.91 Å². The summed E-state index contributed by atoms with van der Waals surface area (Å²) in [4.78, 5) is 11.6. The number of hydrogen-bond acceptors (Lipinski definition) is 2. The maximum atomic E-state index is 11.6. The summed E-state index contributed by atoms with van der Waals surface area (Å²) in [6.07, 6.45) is 2.94. The van der Waals surface area contributed by atoms with Crippen LogP contribution in [0.3, 0.4) is 0 Å².